The molecule has 2 fully saturated rings. The molecule has 2 saturated heterocycles. The van der Waals surface area contributed by atoms with Gasteiger partial charge in [-0.05, 0) is 32.4 Å². The predicted molar refractivity (Wildman–Crippen MR) is 74.6 cm³/mol. The predicted octanol–water partition coefficient (Wildman–Crippen LogP) is 0.353. The summed E-state index contributed by atoms with van der Waals surface area (Å²) >= 11 is 0. The van der Waals surface area contributed by atoms with E-state index in [4.69, 9.17) is 11.1 Å². The van der Waals surface area contributed by atoms with Gasteiger partial charge in [0, 0.05) is 31.4 Å². The van der Waals surface area contributed by atoms with E-state index >= 15 is 0 Å². The van der Waals surface area contributed by atoms with Crippen LogP contribution in [0.1, 0.15) is 24.2 Å². The SMILES string of the molecule is Cc1cc(C(=N)N)nc(N2CCN3CCCC3C2)n1. The number of aromatic nitrogens is 2. The number of anilines is 1. The Bertz CT molecular complexity index is 500. The zero-order chi connectivity index (χ0) is 13.4. The first kappa shape index (κ1) is 12.3. The van der Waals surface area contributed by atoms with Crippen LogP contribution in [0, 0.1) is 12.3 Å². The summed E-state index contributed by atoms with van der Waals surface area (Å²) in [4.78, 5) is 13.7. The molecule has 102 valence electrons. The lowest BCUT2D eigenvalue weighted by Gasteiger charge is -2.37. The fourth-order valence-electron chi connectivity index (χ4n) is 3.01. The van der Waals surface area contributed by atoms with Crippen LogP contribution in [-0.4, -0.2) is 52.9 Å². The third kappa shape index (κ3) is 2.40. The lowest BCUT2D eigenvalue weighted by atomic mass is 10.1. The highest BCUT2D eigenvalue weighted by atomic mass is 15.3. The molecule has 1 atom stereocenters. The van der Waals surface area contributed by atoms with E-state index < -0.39 is 0 Å². The van der Waals surface area contributed by atoms with Gasteiger partial charge in [-0.1, -0.05) is 0 Å². The standard InChI is InChI=1S/C13H20N6/c1-9-7-11(12(14)15)17-13(16-9)19-6-5-18-4-2-3-10(18)8-19/h7,10H,2-6,8H2,1H3,(H3,14,15). The number of piperazine rings is 1. The van der Waals surface area contributed by atoms with E-state index in [2.05, 4.69) is 19.8 Å². The van der Waals surface area contributed by atoms with Crippen LogP contribution in [0.15, 0.2) is 6.07 Å². The average Bonchev–Trinajstić information content (AvgIpc) is 2.85. The van der Waals surface area contributed by atoms with Gasteiger partial charge in [0.15, 0.2) is 0 Å². The number of nitrogens with two attached hydrogens (primary N) is 1. The van der Waals surface area contributed by atoms with Crippen molar-refractivity contribution in [1.82, 2.24) is 14.9 Å². The van der Waals surface area contributed by atoms with Crippen LogP contribution in [0.3, 0.4) is 0 Å². The number of nitrogens with one attached hydrogen (secondary N) is 1. The summed E-state index contributed by atoms with van der Waals surface area (Å²) in [6, 6.07) is 2.40. The van der Waals surface area contributed by atoms with E-state index in [0.29, 0.717) is 11.7 Å². The first-order valence-electron chi connectivity index (χ1n) is 6.82. The van der Waals surface area contributed by atoms with Crippen molar-refractivity contribution in [2.75, 3.05) is 31.1 Å². The molecule has 0 saturated carbocycles. The minimum atomic E-state index is 0.00579. The molecule has 0 amide bonds. The zero-order valence-corrected chi connectivity index (χ0v) is 11.3. The van der Waals surface area contributed by atoms with Crippen molar-refractivity contribution in [3.8, 4) is 0 Å². The number of amidine groups is 1. The number of rotatable bonds is 2. The molecule has 0 radical (unpaired) electrons. The molecule has 6 nitrogen and oxygen atoms in total. The second-order valence-corrected chi connectivity index (χ2v) is 5.39. The smallest absolute Gasteiger partial charge is 0.226 e. The van der Waals surface area contributed by atoms with Gasteiger partial charge >= 0.3 is 0 Å². The molecule has 0 aliphatic carbocycles. The molecule has 0 spiro atoms. The van der Waals surface area contributed by atoms with Gasteiger partial charge in [-0.25, -0.2) is 9.97 Å². The van der Waals surface area contributed by atoms with Gasteiger partial charge in [0.1, 0.15) is 11.5 Å². The summed E-state index contributed by atoms with van der Waals surface area (Å²) in [5.41, 5.74) is 6.92. The van der Waals surface area contributed by atoms with E-state index in [1.165, 1.54) is 19.4 Å². The third-order valence-electron chi connectivity index (χ3n) is 3.99. The Kier molecular flexibility index (Phi) is 3.10. The molecule has 2 aliphatic rings. The lowest BCUT2D eigenvalue weighted by Crippen LogP contribution is -2.50. The van der Waals surface area contributed by atoms with Crippen LogP contribution >= 0.6 is 0 Å². The summed E-state index contributed by atoms with van der Waals surface area (Å²) in [6.45, 7) is 6.17. The van der Waals surface area contributed by atoms with Crippen LogP contribution < -0.4 is 10.6 Å². The monoisotopic (exact) mass is 260 g/mol. The molecule has 1 unspecified atom stereocenters. The van der Waals surface area contributed by atoms with E-state index in [1.807, 2.05) is 6.92 Å². The molecular formula is C13H20N6. The molecule has 0 bridgehead atoms. The van der Waals surface area contributed by atoms with Gasteiger partial charge < -0.3 is 10.6 Å². The van der Waals surface area contributed by atoms with Crippen LogP contribution in [-0.2, 0) is 0 Å². The number of nitrogen functional groups attached to an aromatic ring is 1. The van der Waals surface area contributed by atoms with Gasteiger partial charge in [0.25, 0.3) is 0 Å². The highest BCUT2D eigenvalue weighted by molar-refractivity contribution is 5.93. The number of hydrogen-bond donors (Lipinski definition) is 2. The van der Waals surface area contributed by atoms with Gasteiger partial charge in [0.05, 0.1) is 0 Å². The summed E-state index contributed by atoms with van der Waals surface area (Å²) in [6.07, 6.45) is 2.56. The zero-order valence-electron chi connectivity index (χ0n) is 11.3. The summed E-state index contributed by atoms with van der Waals surface area (Å²) < 4.78 is 0. The molecule has 0 aromatic carbocycles. The quantitative estimate of drug-likeness (QED) is 0.592. The first-order chi connectivity index (χ1) is 9.13. The van der Waals surface area contributed by atoms with E-state index in [0.717, 1.165) is 31.3 Å². The van der Waals surface area contributed by atoms with Crippen molar-refractivity contribution in [1.29, 1.82) is 5.41 Å². The Labute approximate surface area is 113 Å². The van der Waals surface area contributed by atoms with Crippen LogP contribution in [0.2, 0.25) is 0 Å². The Morgan fingerprint density at radius 3 is 3.00 bits per heavy atom. The molecule has 1 aromatic rings. The molecule has 3 rings (SSSR count). The molecule has 1 aromatic heterocycles. The fourth-order valence-corrected chi connectivity index (χ4v) is 3.01. The fraction of sp³-hybridized carbons (Fsp3) is 0.615. The highest BCUT2D eigenvalue weighted by Gasteiger charge is 2.31. The average molecular weight is 260 g/mol. The van der Waals surface area contributed by atoms with Crippen molar-refractivity contribution in [3.63, 3.8) is 0 Å². The van der Waals surface area contributed by atoms with Gasteiger partial charge in [-0.15, -0.1) is 0 Å². The number of hydrogen-bond acceptors (Lipinski definition) is 5. The number of aryl methyl sites for hydroxylation is 1. The molecule has 6 heteroatoms. The maximum atomic E-state index is 7.52. The minimum Gasteiger partial charge on any atom is -0.382 e. The van der Waals surface area contributed by atoms with Gasteiger partial charge in [0.2, 0.25) is 5.95 Å². The molecule has 2 aliphatic heterocycles. The van der Waals surface area contributed by atoms with Crippen molar-refractivity contribution >= 4 is 11.8 Å². The maximum Gasteiger partial charge on any atom is 0.226 e. The van der Waals surface area contributed by atoms with Crippen molar-refractivity contribution < 1.29 is 0 Å². The van der Waals surface area contributed by atoms with Crippen molar-refractivity contribution in [3.05, 3.63) is 17.5 Å². The summed E-state index contributed by atoms with van der Waals surface area (Å²) in [5.74, 6) is 0.725. The Morgan fingerprint density at radius 1 is 1.37 bits per heavy atom. The second kappa shape index (κ2) is 4.77. The Morgan fingerprint density at radius 2 is 2.21 bits per heavy atom. The Hall–Kier alpha value is -1.69. The van der Waals surface area contributed by atoms with E-state index in [1.54, 1.807) is 6.07 Å². The second-order valence-electron chi connectivity index (χ2n) is 5.39. The normalized spacial score (nSPS) is 23.4. The minimum absolute atomic E-state index is 0.00579. The summed E-state index contributed by atoms with van der Waals surface area (Å²) in [7, 11) is 0. The number of nitrogens with zero attached hydrogens (tertiary/aromatic N) is 4. The van der Waals surface area contributed by atoms with Crippen LogP contribution in [0.4, 0.5) is 5.95 Å². The first-order valence-corrected chi connectivity index (χ1v) is 6.82. The van der Waals surface area contributed by atoms with Crippen LogP contribution in [0.5, 0.6) is 0 Å². The lowest BCUT2D eigenvalue weighted by molar-refractivity contribution is 0.229. The third-order valence-corrected chi connectivity index (χ3v) is 3.99. The largest absolute Gasteiger partial charge is 0.382 e. The van der Waals surface area contributed by atoms with Crippen molar-refractivity contribution in [2.24, 2.45) is 5.73 Å². The van der Waals surface area contributed by atoms with Crippen molar-refractivity contribution in [2.45, 2.75) is 25.8 Å². The molecule has 3 N–H and O–H groups in total. The molecule has 3 heterocycles. The summed E-state index contributed by atoms with van der Waals surface area (Å²) in [5, 5.41) is 7.52. The molecule has 19 heavy (non-hydrogen) atoms. The van der Waals surface area contributed by atoms with Crippen LogP contribution in [0.25, 0.3) is 0 Å². The Balaban J connectivity index is 1.83. The molecular weight excluding hydrogens is 240 g/mol. The topological polar surface area (TPSA) is 82.1 Å². The van der Waals surface area contributed by atoms with E-state index in [9.17, 15) is 0 Å². The number of fused-ring (bicyclic) bond motifs is 1. The maximum absolute atomic E-state index is 7.52. The van der Waals surface area contributed by atoms with E-state index in [-0.39, 0.29) is 5.84 Å². The highest BCUT2D eigenvalue weighted by Crippen LogP contribution is 2.23. The van der Waals surface area contributed by atoms with Gasteiger partial charge in [-0.2, -0.15) is 0 Å². The van der Waals surface area contributed by atoms with Gasteiger partial charge in [-0.3, -0.25) is 10.3 Å².